The predicted molar refractivity (Wildman–Crippen MR) is 154 cm³/mol. The van der Waals surface area contributed by atoms with Gasteiger partial charge in [-0.05, 0) is 98.9 Å². The van der Waals surface area contributed by atoms with Crippen molar-refractivity contribution >= 4 is 40.5 Å². The van der Waals surface area contributed by atoms with Crippen molar-refractivity contribution in [3.8, 4) is 5.75 Å². The van der Waals surface area contributed by atoms with Crippen LogP contribution in [-0.4, -0.2) is 23.5 Å². The van der Waals surface area contributed by atoms with Crippen molar-refractivity contribution in [1.82, 2.24) is 5.32 Å². The molecule has 0 aliphatic rings. The maximum absolute atomic E-state index is 12.9. The fourth-order valence-electron chi connectivity index (χ4n) is 3.77. The van der Waals surface area contributed by atoms with E-state index in [1.807, 2.05) is 71.0 Å². The Bertz CT molecular complexity index is 1290. The SMILES string of the molecule is Cc1cccc(NC(=O)c2cccc(NC(=S)NC(=O)C(C)(C)CCCOc3cc(C)ccc3C)c2)c1. The van der Waals surface area contributed by atoms with E-state index in [2.05, 4.69) is 22.0 Å². The summed E-state index contributed by atoms with van der Waals surface area (Å²) in [6, 6.07) is 20.7. The molecule has 0 aliphatic heterocycles. The summed E-state index contributed by atoms with van der Waals surface area (Å²) in [5.74, 6) is 0.473. The van der Waals surface area contributed by atoms with Crippen LogP contribution in [0, 0.1) is 26.2 Å². The van der Waals surface area contributed by atoms with Gasteiger partial charge in [0.2, 0.25) is 5.91 Å². The zero-order valence-electron chi connectivity index (χ0n) is 22.1. The van der Waals surface area contributed by atoms with Crippen LogP contribution in [0.15, 0.2) is 66.7 Å². The number of nitrogens with one attached hydrogen (secondary N) is 3. The highest BCUT2D eigenvalue weighted by Gasteiger charge is 2.28. The molecule has 0 fully saturated rings. The normalized spacial score (nSPS) is 10.9. The Kier molecular flexibility index (Phi) is 9.42. The van der Waals surface area contributed by atoms with Gasteiger partial charge in [-0.1, -0.05) is 44.2 Å². The standard InChI is InChI=1S/C30H35N3O3S/c1-20-9-6-11-24(17-20)31-27(34)23-10-7-12-25(19-23)32-29(37)33-28(35)30(4,5)15-8-16-36-26-18-21(2)13-14-22(26)3/h6-7,9-14,17-19H,8,15-16H2,1-5H3,(H,31,34)(H2,32,33,35,37). The number of anilines is 2. The molecular formula is C30H35N3O3S. The Morgan fingerprint density at radius 3 is 2.27 bits per heavy atom. The lowest BCUT2D eigenvalue weighted by atomic mass is 9.87. The third kappa shape index (κ3) is 8.43. The van der Waals surface area contributed by atoms with E-state index in [0.29, 0.717) is 24.3 Å². The van der Waals surface area contributed by atoms with Gasteiger partial charge in [0, 0.05) is 22.4 Å². The van der Waals surface area contributed by atoms with Gasteiger partial charge in [0.15, 0.2) is 5.11 Å². The molecule has 194 valence electrons. The number of aryl methyl sites for hydroxylation is 3. The van der Waals surface area contributed by atoms with E-state index in [4.69, 9.17) is 17.0 Å². The first-order valence-electron chi connectivity index (χ1n) is 12.3. The molecule has 0 spiro atoms. The molecule has 7 heteroatoms. The van der Waals surface area contributed by atoms with E-state index < -0.39 is 5.41 Å². The smallest absolute Gasteiger partial charge is 0.255 e. The van der Waals surface area contributed by atoms with Crippen LogP contribution < -0.4 is 20.7 Å². The van der Waals surface area contributed by atoms with Crippen molar-refractivity contribution < 1.29 is 14.3 Å². The zero-order valence-corrected chi connectivity index (χ0v) is 22.9. The highest BCUT2D eigenvalue weighted by molar-refractivity contribution is 7.80. The number of hydrogen-bond acceptors (Lipinski definition) is 4. The van der Waals surface area contributed by atoms with Crippen LogP contribution in [0.5, 0.6) is 5.75 Å². The van der Waals surface area contributed by atoms with E-state index in [1.165, 1.54) is 0 Å². The molecule has 6 nitrogen and oxygen atoms in total. The van der Waals surface area contributed by atoms with Crippen LogP contribution in [0.2, 0.25) is 0 Å². The molecule has 0 aromatic heterocycles. The van der Waals surface area contributed by atoms with Gasteiger partial charge in [-0.15, -0.1) is 0 Å². The van der Waals surface area contributed by atoms with E-state index in [1.54, 1.807) is 24.3 Å². The Labute approximate surface area is 224 Å². The van der Waals surface area contributed by atoms with Crippen molar-refractivity contribution in [3.05, 3.63) is 89.0 Å². The molecule has 0 unspecified atom stereocenters. The van der Waals surface area contributed by atoms with Crippen LogP contribution in [0.4, 0.5) is 11.4 Å². The maximum atomic E-state index is 12.9. The molecule has 3 aromatic rings. The largest absolute Gasteiger partial charge is 0.493 e. The average Bonchev–Trinajstić information content (AvgIpc) is 2.84. The highest BCUT2D eigenvalue weighted by atomic mass is 32.1. The summed E-state index contributed by atoms with van der Waals surface area (Å²) in [7, 11) is 0. The molecule has 37 heavy (non-hydrogen) atoms. The molecule has 0 saturated carbocycles. The van der Waals surface area contributed by atoms with Crippen molar-refractivity contribution in [1.29, 1.82) is 0 Å². The van der Waals surface area contributed by atoms with E-state index in [-0.39, 0.29) is 16.9 Å². The van der Waals surface area contributed by atoms with E-state index >= 15 is 0 Å². The Hall–Kier alpha value is -3.71. The molecule has 0 bridgehead atoms. The lowest BCUT2D eigenvalue weighted by molar-refractivity contribution is -0.128. The lowest BCUT2D eigenvalue weighted by Crippen LogP contribution is -2.42. The van der Waals surface area contributed by atoms with Crippen molar-refractivity contribution in [2.24, 2.45) is 5.41 Å². The Morgan fingerprint density at radius 1 is 0.865 bits per heavy atom. The van der Waals surface area contributed by atoms with E-state index in [0.717, 1.165) is 34.5 Å². The number of carbonyl (C=O) groups is 2. The fraction of sp³-hybridized carbons (Fsp3) is 0.300. The summed E-state index contributed by atoms with van der Waals surface area (Å²) >= 11 is 5.37. The first-order valence-corrected chi connectivity index (χ1v) is 12.7. The molecule has 0 aliphatic carbocycles. The lowest BCUT2D eigenvalue weighted by Gasteiger charge is -2.24. The quantitative estimate of drug-likeness (QED) is 0.221. The average molecular weight is 518 g/mol. The first kappa shape index (κ1) is 27.9. The van der Waals surface area contributed by atoms with Crippen molar-refractivity contribution in [3.63, 3.8) is 0 Å². The van der Waals surface area contributed by atoms with Crippen LogP contribution in [0.3, 0.4) is 0 Å². The number of carbonyl (C=O) groups excluding carboxylic acids is 2. The zero-order chi connectivity index (χ0) is 27.0. The van der Waals surface area contributed by atoms with Gasteiger partial charge in [-0.3, -0.25) is 9.59 Å². The second-order valence-electron chi connectivity index (χ2n) is 9.92. The molecule has 3 aromatic carbocycles. The third-order valence-corrected chi connectivity index (χ3v) is 6.25. The molecule has 2 amide bonds. The van der Waals surface area contributed by atoms with Crippen LogP contribution in [-0.2, 0) is 4.79 Å². The van der Waals surface area contributed by atoms with Gasteiger partial charge in [0.1, 0.15) is 5.75 Å². The number of rotatable bonds is 9. The first-order chi connectivity index (χ1) is 17.5. The van der Waals surface area contributed by atoms with Gasteiger partial charge >= 0.3 is 0 Å². The minimum absolute atomic E-state index is 0.176. The highest BCUT2D eigenvalue weighted by Crippen LogP contribution is 2.24. The van der Waals surface area contributed by atoms with Gasteiger partial charge in [-0.2, -0.15) is 0 Å². The Balaban J connectivity index is 1.49. The van der Waals surface area contributed by atoms with Crippen LogP contribution in [0.25, 0.3) is 0 Å². The van der Waals surface area contributed by atoms with Crippen molar-refractivity contribution in [2.75, 3.05) is 17.2 Å². The van der Waals surface area contributed by atoms with Gasteiger partial charge in [0.05, 0.1) is 6.61 Å². The topological polar surface area (TPSA) is 79.5 Å². The molecule has 3 N–H and O–H groups in total. The molecular weight excluding hydrogens is 482 g/mol. The number of amides is 2. The summed E-state index contributed by atoms with van der Waals surface area (Å²) < 4.78 is 5.92. The minimum atomic E-state index is -0.633. The summed E-state index contributed by atoms with van der Waals surface area (Å²) in [5.41, 5.74) is 4.49. The second-order valence-corrected chi connectivity index (χ2v) is 10.3. The molecule has 0 saturated heterocycles. The summed E-state index contributed by atoms with van der Waals surface area (Å²) in [6.45, 7) is 10.3. The number of ether oxygens (including phenoxy) is 1. The third-order valence-electron chi connectivity index (χ3n) is 6.05. The minimum Gasteiger partial charge on any atom is -0.493 e. The summed E-state index contributed by atoms with van der Waals surface area (Å²) in [6.07, 6.45) is 1.37. The summed E-state index contributed by atoms with van der Waals surface area (Å²) in [5, 5.41) is 8.86. The van der Waals surface area contributed by atoms with Gasteiger partial charge in [0.25, 0.3) is 5.91 Å². The van der Waals surface area contributed by atoms with Crippen LogP contribution >= 0.6 is 12.2 Å². The monoisotopic (exact) mass is 517 g/mol. The Morgan fingerprint density at radius 2 is 1.54 bits per heavy atom. The fourth-order valence-corrected chi connectivity index (χ4v) is 3.98. The molecule has 0 radical (unpaired) electrons. The maximum Gasteiger partial charge on any atom is 0.255 e. The predicted octanol–water partition coefficient (Wildman–Crippen LogP) is 6.56. The van der Waals surface area contributed by atoms with Crippen LogP contribution in [0.1, 0.15) is 53.7 Å². The second kappa shape index (κ2) is 12.5. The molecule has 0 atom stereocenters. The number of thiocarbonyl (C=S) groups is 1. The molecule has 3 rings (SSSR count). The van der Waals surface area contributed by atoms with E-state index in [9.17, 15) is 9.59 Å². The van der Waals surface area contributed by atoms with Gasteiger partial charge < -0.3 is 20.7 Å². The number of hydrogen-bond donors (Lipinski definition) is 3. The number of benzene rings is 3. The van der Waals surface area contributed by atoms with Gasteiger partial charge in [-0.25, -0.2) is 0 Å². The van der Waals surface area contributed by atoms with Crippen molar-refractivity contribution in [2.45, 2.75) is 47.5 Å². The molecule has 0 heterocycles. The summed E-state index contributed by atoms with van der Waals surface area (Å²) in [4.78, 5) is 25.6.